The number of anilines is 1. The average molecular weight is 689 g/mol. The van der Waals surface area contributed by atoms with Crippen molar-refractivity contribution in [3.8, 4) is 5.75 Å². The smallest absolute Gasteiger partial charge is 0.410 e. The minimum atomic E-state index is -0.997. The van der Waals surface area contributed by atoms with Gasteiger partial charge >= 0.3 is 18.1 Å². The topological polar surface area (TPSA) is 115 Å². The summed E-state index contributed by atoms with van der Waals surface area (Å²) in [6.07, 6.45) is 3.02. The van der Waals surface area contributed by atoms with Gasteiger partial charge in [-0.25, -0.2) is 9.59 Å². The van der Waals surface area contributed by atoms with Gasteiger partial charge in [0.15, 0.2) is 6.10 Å². The number of hydrogen-bond donors (Lipinski definition) is 1. The quantitative estimate of drug-likeness (QED) is 0.342. The van der Waals surface area contributed by atoms with E-state index in [1.807, 2.05) is 60.0 Å². The van der Waals surface area contributed by atoms with Gasteiger partial charge in [0, 0.05) is 76.9 Å². The minimum absolute atomic E-state index is 0.00772. The molecule has 270 valence electrons. The van der Waals surface area contributed by atoms with Crippen molar-refractivity contribution in [2.75, 3.05) is 71.3 Å². The second-order valence-electron chi connectivity index (χ2n) is 14.4. The zero-order valence-corrected chi connectivity index (χ0v) is 30.0. The number of nitrogens with one attached hydrogen (secondary N) is 1. The number of para-hydroxylation sites is 1. The summed E-state index contributed by atoms with van der Waals surface area (Å²) < 4.78 is 11.5. The normalized spacial score (nSPS) is 20.5. The molecule has 3 fully saturated rings. The molecule has 50 heavy (non-hydrogen) atoms. The number of ether oxygens (including phenoxy) is 2. The molecular formula is C38H52N6O6. The number of amides is 4. The van der Waals surface area contributed by atoms with Crippen LogP contribution in [0.1, 0.15) is 54.9 Å². The fourth-order valence-corrected chi connectivity index (χ4v) is 8.02. The number of esters is 1. The summed E-state index contributed by atoms with van der Waals surface area (Å²) in [5, 5.41) is 3.05. The number of piperazine rings is 1. The maximum atomic E-state index is 14.1. The van der Waals surface area contributed by atoms with Crippen LogP contribution in [0.4, 0.5) is 15.3 Å². The molecule has 4 aliphatic heterocycles. The summed E-state index contributed by atoms with van der Waals surface area (Å²) in [4.78, 5) is 62.9. The van der Waals surface area contributed by atoms with Gasteiger partial charge in [-0.1, -0.05) is 30.3 Å². The molecule has 6 rings (SSSR count). The highest BCUT2D eigenvalue weighted by Gasteiger charge is 2.36. The molecule has 2 aromatic carbocycles. The first-order valence-electron chi connectivity index (χ1n) is 18.2. The number of rotatable bonds is 7. The average Bonchev–Trinajstić information content (AvgIpc) is 3.27. The van der Waals surface area contributed by atoms with E-state index in [0.717, 1.165) is 73.4 Å². The molecule has 0 spiro atoms. The first-order chi connectivity index (χ1) is 24.0. The molecule has 0 radical (unpaired) electrons. The molecule has 3 saturated heterocycles. The number of carbonyl (C=O) groups is 4. The Morgan fingerprint density at radius 2 is 1.48 bits per heavy atom. The lowest BCUT2D eigenvalue weighted by Crippen LogP contribution is -2.56. The fraction of sp³-hybridized carbons (Fsp3) is 0.579. The first kappa shape index (κ1) is 35.7. The molecule has 0 aliphatic carbocycles. The van der Waals surface area contributed by atoms with Gasteiger partial charge in [-0.15, -0.1) is 0 Å². The maximum absolute atomic E-state index is 14.1. The van der Waals surface area contributed by atoms with Crippen LogP contribution in [0.3, 0.4) is 0 Å². The first-order valence-corrected chi connectivity index (χ1v) is 18.2. The van der Waals surface area contributed by atoms with Crippen molar-refractivity contribution in [3.63, 3.8) is 0 Å². The van der Waals surface area contributed by atoms with E-state index in [1.165, 1.54) is 6.92 Å². The van der Waals surface area contributed by atoms with Crippen molar-refractivity contribution in [2.24, 2.45) is 0 Å². The molecule has 12 heteroatoms. The molecule has 4 aliphatic rings. The van der Waals surface area contributed by atoms with Crippen molar-refractivity contribution in [1.29, 1.82) is 0 Å². The Kier molecular flexibility index (Phi) is 11.3. The number of aryl methyl sites for hydroxylation is 2. The highest BCUT2D eigenvalue weighted by molar-refractivity contribution is 5.91. The van der Waals surface area contributed by atoms with Crippen molar-refractivity contribution >= 4 is 29.7 Å². The summed E-state index contributed by atoms with van der Waals surface area (Å²) in [6, 6.07) is 12.1. The molecule has 0 saturated carbocycles. The standard InChI is InChI=1S/C38H52N6O6/c1-26-23-29(24-27(2)35(26)49-28(3)45)25-34(36(46)42-21-19-41(20-22-42)31-10-14-40(4)15-11-31)50-38(48)43-16-12-32(13-17-43)44-18-9-30-7-5-6-8-33(30)39-37(44)47/h5-8,23-24,31-32,34H,9-22,25H2,1-4H3,(H,39,47)/t34-/m1/s1. The Morgan fingerprint density at radius 3 is 2.14 bits per heavy atom. The molecule has 1 N–H and O–H groups in total. The number of urea groups is 1. The van der Waals surface area contributed by atoms with Crippen LogP contribution in [0.5, 0.6) is 5.75 Å². The zero-order valence-electron chi connectivity index (χ0n) is 30.0. The Labute approximate surface area is 295 Å². The Bertz CT molecular complexity index is 1540. The predicted octanol–water partition coefficient (Wildman–Crippen LogP) is 4.07. The molecular weight excluding hydrogens is 636 g/mol. The largest absolute Gasteiger partial charge is 0.436 e. The molecule has 0 unspecified atom stereocenters. The molecule has 4 amide bonds. The van der Waals surface area contributed by atoms with E-state index < -0.39 is 18.2 Å². The van der Waals surface area contributed by atoms with Gasteiger partial charge in [-0.3, -0.25) is 14.5 Å². The molecule has 1 atom stereocenters. The van der Waals surface area contributed by atoms with Gasteiger partial charge in [0.2, 0.25) is 0 Å². The lowest BCUT2D eigenvalue weighted by molar-refractivity contribution is -0.143. The predicted molar refractivity (Wildman–Crippen MR) is 190 cm³/mol. The molecule has 4 heterocycles. The molecule has 12 nitrogen and oxygen atoms in total. The number of fused-ring (bicyclic) bond motifs is 1. The van der Waals surface area contributed by atoms with Crippen LogP contribution < -0.4 is 10.1 Å². The van der Waals surface area contributed by atoms with Crippen molar-refractivity contribution in [3.05, 3.63) is 58.7 Å². The van der Waals surface area contributed by atoms with Crippen LogP contribution in [0, 0.1) is 13.8 Å². The summed E-state index contributed by atoms with van der Waals surface area (Å²) in [7, 11) is 2.16. The summed E-state index contributed by atoms with van der Waals surface area (Å²) >= 11 is 0. The monoisotopic (exact) mass is 688 g/mol. The highest BCUT2D eigenvalue weighted by atomic mass is 16.6. The van der Waals surface area contributed by atoms with Gasteiger partial charge in [0.05, 0.1) is 0 Å². The minimum Gasteiger partial charge on any atom is -0.436 e. The second kappa shape index (κ2) is 15.8. The summed E-state index contributed by atoms with van der Waals surface area (Å²) in [5.74, 6) is -0.0666. The van der Waals surface area contributed by atoms with Crippen LogP contribution >= 0.6 is 0 Å². The van der Waals surface area contributed by atoms with E-state index in [0.29, 0.717) is 57.4 Å². The Hall–Kier alpha value is -4.16. The molecule has 0 aromatic heterocycles. The third-order valence-electron chi connectivity index (χ3n) is 10.8. The van der Waals surface area contributed by atoms with Crippen molar-refractivity contribution in [2.45, 2.75) is 77.5 Å². The third-order valence-corrected chi connectivity index (χ3v) is 10.8. The Balaban J connectivity index is 1.10. The van der Waals surface area contributed by atoms with Crippen LogP contribution in [-0.2, 0) is 27.2 Å². The van der Waals surface area contributed by atoms with E-state index in [9.17, 15) is 19.2 Å². The Morgan fingerprint density at radius 1 is 0.840 bits per heavy atom. The SMILES string of the molecule is CC(=O)Oc1c(C)cc(C[C@@H](OC(=O)N2CCC(N3CCc4ccccc4NC3=O)CC2)C(=O)N2CCN(C3CCN(C)CC3)CC2)cc1C. The number of nitrogens with zero attached hydrogens (tertiary/aromatic N) is 5. The van der Waals surface area contributed by atoms with Crippen LogP contribution in [-0.4, -0.2) is 133 Å². The van der Waals surface area contributed by atoms with E-state index >= 15 is 0 Å². The van der Waals surface area contributed by atoms with Gasteiger partial charge in [-0.05, 0) is 94.4 Å². The summed E-state index contributed by atoms with van der Waals surface area (Å²) in [6.45, 7) is 11.6. The molecule has 0 bridgehead atoms. The van der Waals surface area contributed by atoms with E-state index in [4.69, 9.17) is 9.47 Å². The fourth-order valence-electron chi connectivity index (χ4n) is 8.02. The van der Waals surface area contributed by atoms with Crippen LogP contribution in [0.15, 0.2) is 36.4 Å². The van der Waals surface area contributed by atoms with E-state index in [1.54, 1.807) is 4.90 Å². The van der Waals surface area contributed by atoms with Gasteiger partial charge in [0.25, 0.3) is 5.91 Å². The van der Waals surface area contributed by atoms with Crippen LogP contribution in [0.25, 0.3) is 0 Å². The number of benzene rings is 2. The number of likely N-dealkylation sites (tertiary alicyclic amines) is 2. The number of carbonyl (C=O) groups excluding carboxylic acids is 4. The lowest BCUT2D eigenvalue weighted by Gasteiger charge is -2.42. The highest BCUT2D eigenvalue weighted by Crippen LogP contribution is 2.28. The second-order valence-corrected chi connectivity index (χ2v) is 14.4. The maximum Gasteiger partial charge on any atom is 0.410 e. The van der Waals surface area contributed by atoms with Crippen molar-refractivity contribution in [1.82, 2.24) is 24.5 Å². The van der Waals surface area contributed by atoms with Gasteiger partial charge in [-0.2, -0.15) is 0 Å². The molecule has 2 aromatic rings. The third kappa shape index (κ3) is 8.40. The van der Waals surface area contributed by atoms with Crippen molar-refractivity contribution < 1.29 is 28.7 Å². The number of piperidine rings is 2. The lowest BCUT2D eigenvalue weighted by atomic mass is 10.00. The van der Waals surface area contributed by atoms with Gasteiger partial charge in [0.1, 0.15) is 5.75 Å². The van der Waals surface area contributed by atoms with E-state index in [-0.39, 0.29) is 24.4 Å². The van der Waals surface area contributed by atoms with Gasteiger partial charge < -0.3 is 34.4 Å². The van der Waals surface area contributed by atoms with Crippen LogP contribution in [0.2, 0.25) is 0 Å². The summed E-state index contributed by atoms with van der Waals surface area (Å²) in [5.41, 5.74) is 4.37. The number of hydrogen-bond acceptors (Lipinski definition) is 8. The zero-order chi connectivity index (χ0) is 35.4. The van der Waals surface area contributed by atoms with E-state index in [2.05, 4.69) is 22.2 Å².